The molecule has 0 saturated heterocycles. The van der Waals surface area contributed by atoms with Crippen LogP contribution in [-0.4, -0.2) is 39.2 Å². The minimum atomic E-state index is -0.416. The number of esters is 2. The Morgan fingerprint density at radius 3 is 1.38 bits per heavy atom. The second-order valence-corrected chi connectivity index (χ2v) is 6.75. The van der Waals surface area contributed by atoms with Crippen LogP contribution in [0.3, 0.4) is 0 Å². The minimum absolute atomic E-state index is 0.253. The summed E-state index contributed by atoms with van der Waals surface area (Å²) in [5.41, 5.74) is 5.03. The standard InChI is InChI=1S/C24H27NO4/c1-17-5-9-19(10-6-17)13-21(23(26)28-3)15-25-16-22(24(27)29-4)14-20-11-7-18(2)8-12-20/h5-14,25H,15-16H2,1-4H3/b21-13+,22-14+. The molecule has 0 atom stereocenters. The summed E-state index contributed by atoms with van der Waals surface area (Å²) in [6, 6.07) is 15.7. The fraction of sp³-hybridized carbons (Fsp3) is 0.250. The molecule has 5 heteroatoms. The number of hydrogen-bond donors (Lipinski definition) is 1. The average molecular weight is 393 g/mol. The number of carbonyl (C=O) groups is 2. The normalized spacial score (nSPS) is 11.9. The number of carbonyl (C=O) groups excluding carboxylic acids is 2. The third kappa shape index (κ3) is 7.05. The molecule has 0 heterocycles. The van der Waals surface area contributed by atoms with Crippen molar-refractivity contribution in [3.05, 3.63) is 81.9 Å². The molecule has 2 aromatic carbocycles. The van der Waals surface area contributed by atoms with Crippen molar-refractivity contribution in [3.8, 4) is 0 Å². The fourth-order valence-electron chi connectivity index (χ4n) is 2.69. The number of aryl methyl sites for hydroxylation is 2. The van der Waals surface area contributed by atoms with E-state index in [1.54, 1.807) is 12.2 Å². The maximum Gasteiger partial charge on any atom is 0.335 e. The Labute approximate surface area is 172 Å². The van der Waals surface area contributed by atoms with Crippen LogP contribution in [0.4, 0.5) is 0 Å². The molecule has 5 nitrogen and oxygen atoms in total. The first-order valence-corrected chi connectivity index (χ1v) is 9.34. The molecule has 0 amide bonds. The van der Waals surface area contributed by atoms with E-state index in [0.29, 0.717) is 11.1 Å². The van der Waals surface area contributed by atoms with Crippen molar-refractivity contribution in [2.24, 2.45) is 0 Å². The maximum atomic E-state index is 12.1. The van der Waals surface area contributed by atoms with Crippen molar-refractivity contribution >= 4 is 24.1 Å². The van der Waals surface area contributed by atoms with Crippen LogP contribution in [0.2, 0.25) is 0 Å². The van der Waals surface area contributed by atoms with Crippen molar-refractivity contribution in [3.63, 3.8) is 0 Å². The van der Waals surface area contributed by atoms with Crippen molar-refractivity contribution < 1.29 is 19.1 Å². The lowest BCUT2D eigenvalue weighted by Crippen LogP contribution is -2.26. The highest BCUT2D eigenvalue weighted by Crippen LogP contribution is 2.12. The summed E-state index contributed by atoms with van der Waals surface area (Å²) < 4.78 is 9.78. The van der Waals surface area contributed by atoms with Gasteiger partial charge in [-0.1, -0.05) is 59.7 Å². The summed E-state index contributed by atoms with van der Waals surface area (Å²) in [5.74, 6) is -0.833. The first-order valence-electron chi connectivity index (χ1n) is 9.34. The van der Waals surface area contributed by atoms with Gasteiger partial charge in [-0.3, -0.25) is 0 Å². The Kier molecular flexibility index (Phi) is 8.37. The van der Waals surface area contributed by atoms with Crippen molar-refractivity contribution in [1.82, 2.24) is 5.32 Å². The number of hydrogen-bond acceptors (Lipinski definition) is 5. The summed E-state index contributed by atoms with van der Waals surface area (Å²) in [6.45, 7) is 4.52. The number of nitrogens with one attached hydrogen (secondary N) is 1. The highest BCUT2D eigenvalue weighted by atomic mass is 16.5. The van der Waals surface area contributed by atoms with Crippen LogP contribution in [0, 0.1) is 13.8 Å². The zero-order valence-corrected chi connectivity index (χ0v) is 17.3. The molecule has 0 fully saturated rings. The molecule has 0 bridgehead atoms. The van der Waals surface area contributed by atoms with Gasteiger partial charge in [-0.15, -0.1) is 0 Å². The van der Waals surface area contributed by atoms with Gasteiger partial charge in [0.1, 0.15) is 0 Å². The molecular weight excluding hydrogens is 366 g/mol. The molecule has 152 valence electrons. The lowest BCUT2D eigenvalue weighted by atomic mass is 10.1. The monoisotopic (exact) mass is 393 g/mol. The SMILES string of the molecule is COC(=O)/C(=C/c1ccc(C)cc1)CNC/C(=C\c1ccc(C)cc1)C(=O)OC. The van der Waals surface area contributed by atoms with Gasteiger partial charge >= 0.3 is 11.9 Å². The molecule has 1 N–H and O–H groups in total. The summed E-state index contributed by atoms with van der Waals surface area (Å²) in [7, 11) is 2.70. The largest absolute Gasteiger partial charge is 0.466 e. The van der Waals surface area contributed by atoms with Gasteiger partial charge in [-0.2, -0.15) is 0 Å². The van der Waals surface area contributed by atoms with E-state index in [0.717, 1.165) is 22.3 Å². The van der Waals surface area contributed by atoms with Gasteiger partial charge in [0.25, 0.3) is 0 Å². The van der Waals surface area contributed by atoms with Gasteiger partial charge in [0.05, 0.1) is 25.4 Å². The molecule has 2 aromatic rings. The van der Waals surface area contributed by atoms with E-state index in [2.05, 4.69) is 5.32 Å². The van der Waals surface area contributed by atoms with E-state index in [-0.39, 0.29) is 13.1 Å². The van der Waals surface area contributed by atoms with E-state index in [9.17, 15) is 9.59 Å². The number of methoxy groups -OCH3 is 2. The van der Waals surface area contributed by atoms with E-state index < -0.39 is 11.9 Å². The quantitative estimate of drug-likeness (QED) is 0.547. The fourth-order valence-corrected chi connectivity index (χ4v) is 2.69. The van der Waals surface area contributed by atoms with E-state index in [1.807, 2.05) is 62.4 Å². The zero-order chi connectivity index (χ0) is 21.2. The second kappa shape index (κ2) is 11.0. The predicted octanol–water partition coefficient (Wildman–Crippen LogP) is 3.71. The summed E-state index contributed by atoms with van der Waals surface area (Å²) in [6.07, 6.45) is 3.56. The molecular formula is C24H27NO4. The average Bonchev–Trinajstić information content (AvgIpc) is 2.74. The lowest BCUT2D eigenvalue weighted by Gasteiger charge is -2.10. The molecule has 0 aromatic heterocycles. The summed E-state index contributed by atoms with van der Waals surface area (Å²) in [5, 5.41) is 3.14. The molecule has 0 aliphatic heterocycles. The van der Waals surface area contributed by atoms with Gasteiger partial charge in [-0.05, 0) is 37.1 Å². The van der Waals surface area contributed by atoms with Gasteiger partial charge < -0.3 is 14.8 Å². The van der Waals surface area contributed by atoms with Crippen molar-refractivity contribution in [2.75, 3.05) is 27.3 Å². The summed E-state index contributed by atoms with van der Waals surface area (Å²) in [4.78, 5) is 24.3. The van der Waals surface area contributed by atoms with Crippen molar-refractivity contribution in [1.29, 1.82) is 0 Å². The van der Waals surface area contributed by atoms with Crippen LogP contribution >= 0.6 is 0 Å². The highest BCUT2D eigenvalue weighted by Gasteiger charge is 2.13. The Balaban J connectivity index is 2.13. The highest BCUT2D eigenvalue weighted by molar-refractivity contribution is 5.95. The van der Waals surface area contributed by atoms with Crippen molar-refractivity contribution in [2.45, 2.75) is 13.8 Å². The lowest BCUT2D eigenvalue weighted by molar-refractivity contribution is -0.136. The van der Waals surface area contributed by atoms with Gasteiger partial charge in [0, 0.05) is 13.1 Å². The maximum absolute atomic E-state index is 12.1. The Morgan fingerprint density at radius 2 is 1.07 bits per heavy atom. The first kappa shape index (κ1) is 22.1. The van der Waals surface area contributed by atoms with Crippen LogP contribution < -0.4 is 5.32 Å². The molecule has 0 aliphatic carbocycles. The predicted molar refractivity (Wildman–Crippen MR) is 115 cm³/mol. The molecule has 0 saturated carbocycles. The van der Waals surface area contributed by atoms with Crippen LogP contribution in [0.5, 0.6) is 0 Å². The van der Waals surface area contributed by atoms with Gasteiger partial charge in [0.2, 0.25) is 0 Å². The number of benzene rings is 2. The van der Waals surface area contributed by atoms with Crippen LogP contribution in [-0.2, 0) is 19.1 Å². The zero-order valence-electron chi connectivity index (χ0n) is 17.3. The Hall–Kier alpha value is -3.18. The first-order chi connectivity index (χ1) is 13.9. The molecule has 0 spiro atoms. The van der Waals surface area contributed by atoms with E-state index in [1.165, 1.54) is 14.2 Å². The molecule has 0 unspecified atom stereocenters. The molecule has 2 rings (SSSR count). The topological polar surface area (TPSA) is 64.6 Å². The van der Waals surface area contributed by atoms with Crippen LogP contribution in [0.1, 0.15) is 22.3 Å². The Bertz CT molecular complexity index is 818. The third-order valence-corrected chi connectivity index (χ3v) is 4.36. The van der Waals surface area contributed by atoms with E-state index >= 15 is 0 Å². The van der Waals surface area contributed by atoms with E-state index in [4.69, 9.17) is 9.47 Å². The third-order valence-electron chi connectivity index (χ3n) is 4.36. The van der Waals surface area contributed by atoms with Crippen LogP contribution in [0.15, 0.2) is 59.7 Å². The second-order valence-electron chi connectivity index (χ2n) is 6.75. The Morgan fingerprint density at radius 1 is 0.724 bits per heavy atom. The smallest absolute Gasteiger partial charge is 0.335 e. The minimum Gasteiger partial charge on any atom is -0.466 e. The molecule has 0 radical (unpaired) electrons. The van der Waals surface area contributed by atoms with Gasteiger partial charge in [-0.25, -0.2) is 9.59 Å². The summed E-state index contributed by atoms with van der Waals surface area (Å²) >= 11 is 0. The van der Waals surface area contributed by atoms with Crippen LogP contribution in [0.25, 0.3) is 12.2 Å². The molecule has 29 heavy (non-hydrogen) atoms. The number of rotatable bonds is 8. The van der Waals surface area contributed by atoms with Gasteiger partial charge in [0.15, 0.2) is 0 Å². The number of ether oxygens (including phenoxy) is 2. The molecule has 0 aliphatic rings.